The maximum atomic E-state index is 11.9. The molecule has 0 bridgehead atoms. The molecule has 1 heterocycles. The van der Waals surface area contributed by atoms with Gasteiger partial charge in [-0.3, -0.25) is 4.79 Å². The third-order valence-corrected chi connectivity index (χ3v) is 3.67. The van der Waals surface area contributed by atoms with E-state index in [1.54, 1.807) is 7.11 Å². The molecule has 0 spiro atoms. The fraction of sp³-hybridized carbons (Fsp3) is 0.923. The zero-order valence-electron chi connectivity index (χ0n) is 10.8. The van der Waals surface area contributed by atoms with Gasteiger partial charge in [0.05, 0.1) is 6.10 Å². The van der Waals surface area contributed by atoms with Crippen molar-refractivity contribution in [1.82, 2.24) is 0 Å². The van der Waals surface area contributed by atoms with Gasteiger partial charge in [0.2, 0.25) is 0 Å². The second kappa shape index (κ2) is 6.36. The van der Waals surface area contributed by atoms with Crippen molar-refractivity contribution in [3.05, 3.63) is 0 Å². The lowest BCUT2D eigenvalue weighted by Gasteiger charge is -2.25. The third-order valence-electron chi connectivity index (χ3n) is 3.67. The Balaban J connectivity index is 2.23. The molecule has 1 aliphatic rings. The molecule has 3 heteroatoms. The third kappa shape index (κ3) is 3.56. The van der Waals surface area contributed by atoms with Crippen LogP contribution in [0.3, 0.4) is 0 Å². The average molecular weight is 228 g/mol. The minimum atomic E-state index is -0.587. The molecule has 0 aliphatic carbocycles. The summed E-state index contributed by atoms with van der Waals surface area (Å²) in [5.74, 6) is 0.218. The molecule has 3 nitrogen and oxygen atoms in total. The second-order valence-electron chi connectivity index (χ2n) is 4.74. The Hall–Kier alpha value is -0.410. The van der Waals surface area contributed by atoms with E-state index in [2.05, 4.69) is 0 Å². The first-order chi connectivity index (χ1) is 7.62. The Bertz CT molecular complexity index is 215. The molecule has 2 unspecified atom stereocenters. The van der Waals surface area contributed by atoms with Gasteiger partial charge in [-0.2, -0.15) is 0 Å². The molecule has 1 rings (SSSR count). The van der Waals surface area contributed by atoms with Crippen molar-refractivity contribution in [3.63, 3.8) is 0 Å². The maximum absolute atomic E-state index is 11.9. The van der Waals surface area contributed by atoms with Crippen LogP contribution in [0.5, 0.6) is 0 Å². The Morgan fingerprint density at radius 1 is 1.56 bits per heavy atom. The molecule has 0 aromatic heterocycles. The van der Waals surface area contributed by atoms with E-state index in [0.29, 0.717) is 12.5 Å². The molecule has 1 saturated heterocycles. The van der Waals surface area contributed by atoms with Crippen LogP contribution in [0.4, 0.5) is 0 Å². The van der Waals surface area contributed by atoms with E-state index in [4.69, 9.17) is 9.47 Å². The van der Waals surface area contributed by atoms with Crippen LogP contribution < -0.4 is 0 Å². The van der Waals surface area contributed by atoms with E-state index in [9.17, 15) is 4.79 Å². The highest BCUT2D eigenvalue weighted by Crippen LogP contribution is 2.21. The quantitative estimate of drug-likeness (QED) is 0.672. The first kappa shape index (κ1) is 13.7. The molecular formula is C13H24O3. The first-order valence-corrected chi connectivity index (χ1v) is 6.32. The zero-order valence-corrected chi connectivity index (χ0v) is 10.8. The van der Waals surface area contributed by atoms with Crippen LogP contribution in [-0.4, -0.2) is 31.2 Å². The Labute approximate surface area is 98.5 Å². The predicted molar refractivity (Wildman–Crippen MR) is 63.5 cm³/mol. The number of rotatable bonds is 7. The average Bonchev–Trinajstić information content (AvgIpc) is 2.80. The Morgan fingerprint density at radius 2 is 2.31 bits per heavy atom. The summed E-state index contributed by atoms with van der Waals surface area (Å²) in [7, 11) is 1.61. The van der Waals surface area contributed by atoms with Gasteiger partial charge in [-0.15, -0.1) is 0 Å². The number of methoxy groups -OCH3 is 1. The van der Waals surface area contributed by atoms with E-state index in [1.807, 2.05) is 13.8 Å². The summed E-state index contributed by atoms with van der Waals surface area (Å²) in [6.45, 7) is 4.76. The van der Waals surface area contributed by atoms with Gasteiger partial charge in [0.15, 0.2) is 5.78 Å². The summed E-state index contributed by atoms with van der Waals surface area (Å²) >= 11 is 0. The van der Waals surface area contributed by atoms with Crippen LogP contribution in [0.2, 0.25) is 0 Å². The van der Waals surface area contributed by atoms with Crippen molar-refractivity contribution < 1.29 is 14.3 Å². The minimum Gasteiger partial charge on any atom is -0.378 e. The highest BCUT2D eigenvalue weighted by Gasteiger charge is 2.30. The smallest absolute Gasteiger partial charge is 0.164 e. The SMILES string of the molecule is CCC(C)(OC)C(=O)CCCC1CCCO1. The van der Waals surface area contributed by atoms with Crippen molar-refractivity contribution in [1.29, 1.82) is 0 Å². The van der Waals surface area contributed by atoms with Crippen LogP contribution in [0.15, 0.2) is 0 Å². The second-order valence-corrected chi connectivity index (χ2v) is 4.74. The zero-order chi connectivity index (χ0) is 12.0. The van der Waals surface area contributed by atoms with Gasteiger partial charge in [-0.25, -0.2) is 0 Å². The summed E-state index contributed by atoms with van der Waals surface area (Å²) in [5.41, 5.74) is -0.587. The lowest BCUT2D eigenvalue weighted by Crippen LogP contribution is -2.36. The molecule has 2 atom stereocenters. The van der Waals surface area contributed by atoms with Gasteiger partial charge in [0, 0.05) is 20.1 Å². The Morgan fingerprint density at radius 3 is 2.81 bits per heavy atom. The lowest BCUT2D eigenvalue weighted by molar-refractivity contribution is -0.139. The molecule has 0 saturated carbocycles. The normalized spacial score (nSPS) is 24.3. The minimum absolute atomic E-state index is 0.218. The van der Waals surface area contributed by atoms with E-state index in [0.717, 1.165) is 32.3 Å². The monoisotopic (exact) mass is 228 g/mol. The fourth-order valence-corrected chi connectivity index (χ4v) is 2.08. The van der Waals surface area contributed by atoms with Crippen LogP contribution in [-0.2, 0) is 14.3 Å². The molecule has 0 aromatic carbocycles. The molecule has 1 aliphatic heterocycles. The van der Waals surface area contributed by atoms with Crippen molar-refractivity contribution >= 4 is 5.78 Å². The maximum Gasteiger partial charge on any atom is 0.164 e. The van der Waals surface area contributed by atoms with Crippen molar-refractivity contribution in [2.75, 3.05) is 13.7 Å². The predicted octanol–water partition coefficient (Wildman–Crippen LogP) is 2.72. The van der Waals surface area contributed by atoms with Gasteiger partial charge >= 0.3 is 0 Å². The summed E-state index contributed by atoms with van der Waals surface area (Å²) in [5, 5.41) is 0. The standard InChI is InChI=1S/C13H24O3/c1-4-13(2,15-3)12(14)9-5-7-11-8-6-10-16-11/h11H,4-10H2,1-3H3. The number of Topliss-reactive ketones (excluding diaryl/α,β-unsaturated/α-hetero) is 1. The number of carbonyl (C=O) groups excluding carboxylic acids is 1. The summed E-state index contributed by atoms with van der Waals surface area (Å²) in [4.78, 5) is 11.9. The summed E-state index contributed by atoms with van der Waals surface area (Å²) in [6, 6.07) is 0. The van der Waals surface area contributed by atoms with Crippen LogP contribution in [0, 0.1) is 0 Å². The molecule has 0 N–H and O–H groups in total. The van der Waals surface area contributed by atoms with Gasteiger partial charge in [-0.05, 0) is 39.0 Å². The number of carbonyl (C=O) groups is 1. The van der Waals surface area contributed by atoms with Crippen molar-refractivity contribution in [3.8, 4) is 0 Å². The van der Waals surface area contributed by atoms with Crippen LogP contribution in [0.1, 0.15) is 52.4 Å². The van der Waals surface area contributed by atoms with Crippen molar-refractivity contribution in [2.24, 2.45) is 0 Å². The molecule has 16 heavy (non-hydrogen) atoms. The molecule has 1 fully saturated rings. The molecule has 94 valence electrons. The van der Waals surface area contributed by atoms with Crippen LogP contribution >= 0.6 is 0 Å². The van der Waals surface area contributed by atoms with E-state index < -0.39 is 5.60 Å². The van der Waals surface area contributed by atoms with E-state index >= 15 is 0 Å². The molecular weight excluding hydrogens is 204 g/mol. The highest BCUT2D eigenvalue weighted by atomic mass is 16.5. The molecule has 0 radical (unpaired) electrons. The molecule has 0 amide bonds. The van der Waals surface area contributed by atoms with Crippen LogP contribution in [0.25, 0.3) is 0 Å². The van der Waals surface area contributed by atoms with Gasteiger partial charge in [-0.1, -0.05) is 6.92 Å². The highest BCUT2D eigenvalue weighted by molar-refractivity contribution is 5.86. The number of ether oxygens (including phenoxy) is 2. The van der Waals surface area contributed by atoms with Crippen molar-refractivity contribution in [2.45, 2.75) is 64.1 Å². The molecule has 0 aromatic rings. The first-order valence-electron chi connectivity index (χ1n) is 6.32. The largest absolute Gasteiger partial charge is 0.378 e. The topological polar surface area (TPSA) is 35.5 Å². The van der Waals surface area contributed by atoms with E-state index in [1.165, 1.54) is 6.42 Å². The summed E-state index contributed by atoms with van der Waals surface area (Å²) in [6.07, 6.45) is 5.99. The van der Waals surface area contributed by atoms with Gasteiger partial charge < -0.3 is 9.47 Å². The lowest BCUT2D eigenvalue weighted by atomic mass is 9.93. The Kier molecular flexibility index (Phi) is 5.42. The fourth-order valence-electron chi connectivity index (χ4n) is 2.08. The van der Waals surface area contributed by atoms with Gasteiger partial charge in [0.1, 0.15) is 5.60 Å². The summed E-state index contributed by atoms with van der Waals surface area (Å²) < 4.78 is 10.8. The van der Waals surface area contributed by atoms with Gasteiger partial charge in [0.25, 0.3) is 0 Å². The number of hydrogen-bond donors (Lipinski definition) is 0. The number of hydrogen-bond acceptors (Lipinski definition) is 3. The number of ketones is 1. The van der Waals surface area contributed by atoms with E-state index in [-0.39, 0.29) is 5.78 Å².